The molecule has 0 amide bonds. The minimum Gasteiger partial charge on any atom is -0.461 e. The summed E-state index contributed by atoms with van der Waals surface area (Å²) in [7, 11) is 0. The fraction of sp³-hybridized carbons (Fsp3) is 0.455. The Kier molecular flexibility index (Phi) is 6.38. The summed E-state index contributed by atoms with van der Waals surface area (Å²) in [5, 5.41) is 0.675. The summed E-state index contributed by atoms with van der Waals surface area (Å²) in [6.45, 7) is 4.38. The van der Waals surface area contributed by atoms with Gasteiger partial charge in [0.25, 0.3) is 0 Å². The number of aromatic amines is 1. The fourth-order valence-corrected chi connectivity index (χ4v) is 4.12. The molecule has 0 aliphatic heterocycles. The zero-order valence-electron chi connectivity index (χ0n) is 15.9. The van der Waals surface area contributed by atoms with Crippen LogP contribution in [0.5, 0.6) is 0 Å². The van der Waals surface area contributed by atoms with Crippen LogP contribution in [0.3, 0.4) is 0 Å². The van der Waals surface area contributed by atoms with E-state index in [0.29, 0.717) is 41.3 Å². The first-order valence-electron chi connectivity index (χ1n) is 9.69. The van der Waals surface area contributed by atoms with Crippen molar-refractivity contribution in [2.24, 2.45) is 0 Å². The third-order valence-corrected chi connectivity index (χ3v) is 5.61. The lowest BCUT2D eigenvalue weighted by atomic mass is 9.81. The number of carbonyl (C=O) groups excluding carboxylic acids is 2. The van der Waals surface area contributed by atoms with Crippen LogP contribution in [-0.2, 0) is 11.2 Å². The van der Waals surface area contributed by atoms with Gasteiger partial charge >= 0.3 is 5.97 Å². The summed E-state index contributed by atoms with van der Waals surface area (Å²) in [6.07, 6.45) is 5.28. The van der Waals surface area contributed by atoms with Gasteiger partial charge in [-0.25, -0.2) is 4.79 Å². The van der Waals surface area contributed by atoms with E-state index in [4.69, 9.17) is 16.3 Å². The predicted octanol–water partition coefficient (Wildman–Crippen LogP) is 5.63. The van der Waals surface area contributed by atoms with Gasteiger partial charge in [-0.05, 0) is 42.9 Å². The second kappa shape index (κ2) is 8.75. The summed E-state index contributed by atoms with van der Waals surface area (Å²) >= 11 is 6.32. The molecule has 3 rings (SSSR count). The highest BCUT2D eigenvalue weighted by molar-refractivity contribution is 6.31. The van der Waals surface area contributed by atoms with Crippen molar-refractivity contribution in [1.82, 2.24) is 4.98 Å². The van der Waals surface area contributed by atoms with Gasteiger partial charge in [0.2, 0.25) is 0 Å². The lowest BCUT2D eigenvalue weighted by molar-refractivity contribution is 0.0490. The summed E-state index contributed by atoms with van der Waals surface area (Å²) in [5.74, 6) is -0.299. The number of aromatic nitrogens is 1. The number of carbonyl (C=O) groups is 2. The molecule has 144 valence electrons. The maximum atomic E-state index is 12.8. The van der Waals surface area contributed by atoms with Gasteiger partial charge in [0.05, 0.1) is 6.61 Å². The molecule has 0 saturated heterocycles. The maximum Gasteiger partial charge on any atom is 0.355 e. The molecule has 0 radical (unpaired) electrons. The van der Waals surface area contributed by atoms with E-state index >= 15 is 0 Å². The first-order valence-corrected chi connectivity index (χ1v) is 10.1. The molecule has 1 aliphatic carbocycles. The van der Waals surface area contributed by atoms with Crippen molar-refractivity contribution >= 4 is 23.4 Å². The molecule has 0 saturated carbocycles. The molecule has 1 N–H and O–H groups in total. The van der Waals surface area contributed by atoms with Gasteiger partial charge in [-0.3, -0.25) is 4.79 Å². The number of hydrogen-bond donors (Lipinski definition) is 1. The minimum atomic E-state index is -0.375. The van der Waals surface area contributed by atoms with E-state index in [2.05, 4.69) is 11.9 Å². The number of unbranched alkanes of at least 4 members (excludes halogenated alkanes) is 3. The molecule has 1 atom stereocenters. The SMILES string of the molecule is CCCCCCOC(=O)c1[nH]c2c(c1C)C(=O)C[C@H](c1ccccc1Cl)C2. The standard InChI is InChI=1S/C22H26ClNO3/c1-3-4-5-8-11-27-22(26)21-14(2)20-18(24-21)12-15(13-19(20)25)16-9-6-7-10-17(16)23/h6-7,9-10,15,24H,3-5,8,11-13H2,1-2H3/t15-/m1/s1. The third kappa shape index (κ3) is 4.27. The number of halogens is 1. The van der Waals surface area contributed by atoms with E-state index in [-0.39, 0.29) is 17.7 Å². The van der Waals surface area contributed by atoms with Crippen molar-refractivity contribution in [3.05, 3.63) is 57.4 Å². The average molecular weight is 388 g/mol. The monoisotopic (exact) mass is 387 g/mol. The second-order valence-electron chi connectivity index (χ2n) is 7.22. The number of fused-ring (bicyclic) bond motifs is 1. The van der Waals surface area contributed by atoms with Crippen LogP contribution in [0.25, 0.3) is 0 Å². The Morgan fingerprint density at radius 2 is 2.00 bits per heavy atom. The Labute approximate surface area is 165 Å². The second-order valence-corrected chi connectivity index (χ2v) is 7.63. The van der Waals surface area contributed by atoms with Gasteiger partial charge in [0, 0.05) is 22.7 Å². The van der Waals surface area contributed by atoms with Crippen LogP contribution in [0.4, 0.5) is 0 Å². The number of ketones is 1. The molecule has 4 nitrogen and oxygen atoms in total. The Morgan fingerprint density at radius 3 is 2.74 bits per heavy atom. The molecule has 0 fully saturated rings. The summed E-state index contributed by atoms with van der Waals surface area (Å²) < 4.78 is 5.40. The Morgan fingerprint density at radius 1 is 1.22 bits per heavy atom. The summed E-state index contributed by atoms with van der Waals surface area (Å²) in [6, 6.07) is 7.63. The van der Waals surface area contributed by atoms with Gasteiger partial charge in [-0.15, -0.1) is 0 Å². The van der Waals surface area contributed by atoms with Gasteiger partial charge in [-0.1, -0.05) is 56.0 Å². The molecule has 1 aliphatic rings. The quantitative estimate of drug-likeness (QED) is 0.495. The van der Waals surface area contributed by atoms with Gasteiger partial charge in [-0.2, -0.15) is 0 Å². The molecule has 27 heavy (non-hydrogen) atoms. The lowest BCUT2D eigenvalue weighted by Crippen LogP contribution is -2.18. The Bertz CT molecular complexity index is 840. The first-order chi connectivity index (χ1) is 13.0. The number of esters is 1. The Balaban J connectivity index is 1.75. The van der Waals surface area contributed by atoms with E-state index in [0.717, 1.165) is 36.9 Å². The lowest BCUT2D eigenvalue weighted by Gasteiger charge is -2.22. The zero-order chi connectivity index (χ0) is 19.4. The van der Waals surface area contributed by atoms with Crippen LogP contribution in [0.15, 0.2) is 24.3 Å². The summed E-state index contributed by atoms with van der Waals surface area (Å²) in [5.41, 5.74) is 3.54. The number of Topliss-reactive ketones (excluding diaryl/α,β-unsaturated/α-hetero) is 1. The minimum absolute atomic E-state index is 0.0228. The van der Waals surface area contributed by atoms with Crippen molar-refractivity contribution in [2.45, 2.75) is 58.3 Å². The highest BCUT2D eigenvalue weighted by Gasteiger charge is 2.32. The fourth-order valence-electron chi connectivity index (χ4n) is 3.83. The van der Waals surface area contributed by atoms with Gasteiger partial charge in [0.15, 0.2) is 5.78 Å². The molecule has 0 unspecified atom stereocenters. The van der Waals surface area contributed by atoms with Crippen molar-refractivity contribution in [1.29, 1.82) is 0 Å². The largest absolute Gasteiger partial charge is 0.461 e. The smallest absolute Gasteiger partial charge is 0.355 e. The van der Waals surface area contributed by atoms with Gasteiger partial charge < -0.3 is 9.72 Å². The average Bonchev–Trinajstić information content (AvgIpc) is 2.99. The van der Waals surface area contributed by atoms with Crippen LogP contribution < -0.4 is 0 Å². The molecular weight excluding hydrogens is 362 g/mol. The van der Waals surface area contributed by atoms with Gasteiger partial charge in [0.1, 0.15) is 5.69 Å². The predicted molar refractivity (Wildman–Crippen MR) is 107 cm³/mol. The number of H-pyrrole nitrogens is 1. The van der Waals surface area contributed by atoms with Crippen LogP contribution in [-0.4, -0.2) is 23.3 Å². The van der Waals surface area contributed by atoms with E-state index in [1.807, 2.05) is 31.2 Å². The molecule has 1 heterocycles. The Hall–Kier alpha value is -2.07. The van der Waals surface area contributed by atoms with E-state index in [1.165, 1.54) is 0 Å². The number of ether oxygens (including phenoxy) is 1. The zero-order valence-corrected chi connectivity index (χ0v) is 16.7. The van der Waals surface area contributed by atoms with Crippen LogP contribution in [0.1, 0.15) is 82.6 Å². The molecular formula is C22H26ClNO3. The normalized spacial score (nSPS) is 16.3. The van der Waals surface area contributed by atoms with E-state index in [1.54, 1.807) is 0 Å². The number of hydrogen-bond acceptors (Lipinski definition) is 3. The molecule has 0 bridgehead atoms. The number of nitrogens with one attached hydrogen (secondary N) is 1. The summed E-state index contributed by atoms with van der Waals surface area (Å²) in [4.78, 5) is 28.4. The van der Waals surface area contributed by atoms with E-state index < -0.39 is 0 Å². The van der Waals surface area contributed by atoms with Crippen molar-refractivity contribution in [2.75, 3.05) is 6.61 Å². The van der Waals surface area contributed by atoms with Crippen molar-refractivity contribution in [3.63, 3.8) is 0 Å². The van der Waals surface area contributed by atoms with Crippen molar-refractivity contribution < 1.29 is 14.3 Å². The van der Waals surface area contributed by atoms with E-state index in [9.17, 15) is 9.59 Å². The maximum absolute atomic E-state index is 12.8. The topological polar surface area (TPSA) is 59.2 Å². The third-order valence-electron chi connectivity index (χ3n) is 5.27. The molecule has 1 aromatic heterocycles. The number of rotatable bonds is 7. The van der Waals surface area contributed by atoms with Crippen molar-refractivity contribution in [3.8, 4) is 0 Å². The molecule has 0 spiro atoms. The molecule has 2 aromatic rings. The molecule has 1 aromatic carbocycles. The molecule has 5 heteroatoms. The first kappa shape index (κ1) is 19.7. The van der Waals surface area contributed by atoms with Crippen LogP contribution in [0.2, 0.25) is 5.02 Å². The highest BCUT2D eigenvalue weighted by atomic mass is 35.5. The number of benzene rings is 1. The highest BCUT2D eigenvalue weighted by Crippen LogP contribution is 2.37. The van der Waals surface area contributed by atoms with Crippen LogP contribution in [0, 0.1) is 6.92 Å². The van der Waals surface area contributed by atoms with Crippen LogP contribution >= 0.6 is 11.6 Å².